The second-order valence-corrected chi connectivity index (χ2v) is 11.0. The van der Waals surface area contributed by atoms with E-state index in [-0.39, 0.29) is 11.4 Å². The number of sulfonamides is 1. The van der Waals surface area contributed by atoms with Gasteiger partial charge in [-0.1, -0.05) is 23.2 Å². The van der Waals surface area contributed by atoms with E-state index in [1.807, 2.05) is 24.3 Å². The van der Waals surface area contributed by atoms with Crippen molar-refractivity contribution in [2.75, 3.05) is 67.4 Å². The Kier molecular flexibility index (Phi) is 9.28. The summed E-state index contributed by atoms with van der Waals surface area (Å²) in [5.41, 5.74) is 1.44. The molecule has 0 unspecified atom stereocenters. The van der Waals surface area contributed by atoms with Gasteiger partial charge in [-0.2, -0.15) is 0 Å². The zero-order valence-electron chi connectivity index (χ0n) is 19.7. The zero-order valence-corrected chi connectivity index (χ0v) is 22.1. The Morgan fingerprint density at radius 3 is 2.25 bits per heavy atom. The summed E-state index contributed by atoms with van der Waals surface area (Å²) in [6.45, 7) is 4.80. The van der Waals surface area contributed by atoms with Crippen molar-refractivity contribution < 1.29 is 13.2 Å². The highest BCUT2D eigenvalue weighted by Gasteiger charge is 2.28. The molecule has 8 nitrogen and oxygen atoms in total. The number of benzene rings is 2. The number of hydrogen-bond donors (Lipinski definition) is 2. The first-order valence-corrected chi connectivity index (χ1v) is 13.9. The van der Waals surface area contributed by atoms with Crippen LogP contribution >= 0.6 is 23.2 Å². The monoisotopic (exact) mass is 549 g/mol. The third-order valence-electron chi connectivity index (χ3n) is 5.77. The average molecular weight is 551 g/mol. The fraction of sp³-hybridized carbons (Fsp3) is 0.320. The molecule has 192 valence electrons. The number of halogens is 2. The van der Waals surface area contributed by atoms with Gasteiger partial charge in [0.15, 0.2) is 5.82 Å². The third kappa shape index (κ3) is 7.02. The highest BCUT2D eigenvalue weighted by atomic mass is 35.5. The summed E-state index contributed by atoms with van der Waals surface area (Å²) in [4.78, 5) is 6.83. The first-order valence-electron chi connectivity index (χ1n) is 11.7. The topological polar surface area (TPSA) is 86.8 Å². The second-order valence-electron chi connectivity index (χ2n) is 8.22. The van der Waals surface area contributed by atoms with Crippen molar-refractivity contribution >= 4 is 50.4 Å². The smallest absolute Gasteiger partial charge is 0.264 e. The predicted octanol–water partition coefficient (Wildman–Crippen LogP) is 4.44. The minimum atomic E-state index is -3.86. The van der Waals surface area contributed by atoms with Crippen molar-refractivity contribution in [2.45, 2.75) is 4.90 Å². The van der Waals surface area contributed by atoms with Gasteiger partial charge in [-0.3, -0.25) is 9.21 Å². The number of nitrogens with one attached hydrogen (secondary N) is 2. The molecule has 11 heteroatoms. The Morgan fingerprint density at radius 2 is 1.56 bits per heavy atom. The van der Waals surface area contributed by atoms with E-state index in [1.54, 1.807) is 30.5 Å². The lowest BCUT2D eigenvalue weighted by atomic mass is 10.3. The van der Waals surface area contributed by atoms with Crippen LogP contribution in [0.5, 0.6) is 0 Å². The molecule has 1 aromatic heterocycles. The minimum absolute atomic E-state index is 0.174. The molecule has 36 heavy (non-hydrogen) atoms. The first-order chi connectivity index (χ1) is 17.4. The van der Waals surface area contributed by atoms with Crippen LogP contribution < -0.4 is 14.9 Å². The Hall–Kier alpha value is -2.56. The number of aromatic nitrogens is 1. The molecule has 0 amide bonds. The van der Waals surface area contributed by atoms with Crippen LogP contribution in [0.25, 0.3) is 0 Å². The fourth-order valence-corrected chi connectivity index (χ4v) is 5.57. The van der Waals surface area contributed by atoms with E-state index in [0.29, 0.717) is 54.4 Å². The summed E-state index contributed by atoms with van der Waals surface area (Å²) in [7, 11) is -3.86. The maximum absolute atomic E-state index is 13.8. The van der Waals surface area contributed by atoms with Crippen LogP contribution in [0.3, 0.4) is 0 Å². The first kappa shape index (κ1) is 26.5. The number of anilines is 3. The Labute approximate surface area is 222 Å². The van der Waals surface area contributed by atoms with Crippen molar-refractivity contribution in [3.8, 4) is 0 Å². The van der Waals surface area contributed by atoms with E-state index in [1.165, 1.54) is 16.4 Å². The SMILES string of the molecule is O=S(=O)(c1ccc(Cl)cc1)N(CCN1CCOCC1)c1cccnc1NCCNc1ccc(Cl)cc1. The van der Waals surface area contributed by atoms with Gasteiger partial charge in [-0.25, -0.2) is 13.4 Å². The van der Waals surface area contributed by atoms with Crippen LogP contribution in [0.1, 0.15) is 0 Å². The van der Waals surface area contributed by atoms with Crippen LogP contribution in [0.2, 0.25) is 10.0 Å². The van der Waals surface area contributed by atoms with E-state index in [0.717, 1.165) is 18.8 Å². The molecule has 3 aromatic rings. The number of morpholine rings is 1. The number of rotatable bonds is 11. The number of nitrogens with zero attached hydrogens (tertiary/aromatic N) is 3. The van der Waals surface area contributed by atoms with Crippen LogP contribution in [-0.2, 0) is 14.8 Å². The molecule has 2 N–H and O–H groups in total. The van der Waals surface area contributed by atoms with Gasteiger partial charge in [0.1, 0.15) is 0 Å². The molecular weight excluding hydrogens is 521 g/mol. The van der Waals surface area contributed by atoms with Gasteiger partial charge in [0.05, 0.1) is 23.8 Å². The summed E-state index contributed by atoms with van der Waals surface area (Å²) >= 11 is 12.0. The lowest BCUT2D eigenvalue weighted by molar-refractivity contribution is 0.0395. The molecule has 0 bridgehead atoms. The minimum Gasteiger partial charge on any atom is -0.383 e. The quantitative estimate of drug-likeness (QED) is 0.342. The summed E-state index contributed by atoms with van der Waals surface area (Å²) in [5, 5.41) is 7.75. The maximum Gasteiger partial charge on any atom is 0.264 e. The highest BCUT2D eigenvalue weighted by Crippen LogP contribution is 2.29. The largest absolute Gasteiger partial charge is 0.383 e. The molecule has 2 heterocycles. The molecule has 1 aliphatic heterocycles. The van der Waals surface area contributed by atoms with E-state index >= 15 is 0 Å². The van der Waals surface area contributed by atoms with Gasteiger partial charge in [0, 0.05) is 61.2 Å². The zero-order chi connectivity index (χ0) is 25.4. The summed E-state index contributed by atoms with van der Waals surface area (Å²) in [6, 6.07) is 17.2. The number of pyridine rings is 1. The molecule has 1 aliphatic rings. The molecule has 4 rings (SSSR count). The van der Waals surface area contributed by atoms with Gasteiger partial charge in [0.2, 0.25) is 0 Å². The van der Waals surface area contributed by atoms with Crippen molar-refractivity contribution in [2.24, 2.45) is 0 Å². The van der Waals surface area contributed by atoms with E-state index in [2.05, 4.69) is 20.5 Å². The molecule has 0 aliphatic carbocycles. The summed E-state index contributed by atoms with van der Waals surface area (Å²) in [6.07, 6.45) is 1.65. The standard InChI is InChI=1S/C25H29Cl2N5O3S/c26-20-3-7-22(8-4-20)28-12-13-30-25-24(2-1-11-29-25)32(15-14-31-16-18-35-19-17-31)36(33,34)23-9-5-21(27)6-10-23/h1-11,28H,12-19H2,(H,29,30). The van der Waals surface area contributed by atoms with Crippen LogP contribution in [0, 0.1) is 0 Å². The maximum atomic E-state index is 13.8. The van der Waals surface area contributed by atoms with Crippen LogP contribution in [0.4, 0.5) is 17.2 Å². The Balaban J connectivity index is 1.53. The van der Waals surface area contributed by atoms with E-state index in [4.69, 9.17) is 27.9 Å². The second kappa shape index (κ2) is 12.6. The highest BCUT2D eigenvalue weighted by molar-refractivity contribution is 7.92. The molecule has 2 aromatic carbocycles. The van der Waals surface area contributed by atoms with Crippen molar-refractivity contribution in [1.82, 2.24) is 9.88 Å². The molecule has 0 radical (unpaired) electrons. The van der Waals surface area contributed by atoms with Gasteiger partial charge >= 0.3 is 0 Å². The van der Waals surface area contributed by atoms with Crippen LogP contribution in [0.15, 0.2) is 71.8 Å². The van der Waals surface area contributed by atoms with Crippen LogP contribution in [-0.4, -0.2) is 70.8 Å². The fourth-order valence-electron chi connectivity index (χ4n) is 3.85. The van der Waals surface area contributed by atoms with Crippen molar-refractivity contribution in [1.29, 1.82) is 0 Å². The Morgan fingerprint density at radius 1 is 0.917 bits per heavy atom. The number of hydrogen-bond acceptors (Lipinski definition) is 7. The molecule has 0 saturated carbocycles. The lowest BCUT2D eigenvalue weighted by Crippen LogP contribution is -2.43. The van der Waals surface area contributed by atoms with Gasteiger partial charge in [-0.15, -0.1) is 0 Å². The number of ether oxygens (including phenoxy) is 1. The third-order valence-corrected chi connectivity index (χ3v) is 8.10. The molecular formula is C25H29Cl2N5O3S. The summed E-state index contributed by atoms with van der Waals surface area (Å²) < 4.78 is 34.4. The van der Waals surface area contributed by atoms with E-state index < -0.39 is 10.0 Å². The average Bonchev–Trinajstić information content (AvgIpc) is 2.89. The normalized spacial score (nSPS) is 14.4. The van der Waals surface area contributed by atoms with Crippen molar-refractivity contribution in [3.05, 3.63) is 76.9 Å². The van der Waals surface area contributed by atoms with Gasteiger partial charge in [-0.05, 0) is 60.7 Å². The molecule has 1 saturated heterocycles. The lowest BCUT2D eigenvalue weighted by Gasteiger charge is -2.31. The predicted molar refractivity (Wildman–Crippen MR) is 146 cm³/mol. The molecule has 0 atom stereocenters. The summed E-state index contributed by atoms with van der Waals surface area (Å²) in [5.74, 6) is 0.495. The van der Waals surface area contributed by atoms with Gasteiger partial charge < -0.3 is 15.4 Å². The van der Waals surface area contributed by atoms with Crippen molar-refractivity contribution in [3.63, 3.8) is 0 Å². The molecule has 0 spiro atoms. The van der Waals surface area contributed by atoms with E-state index in [9.17, 15) is 8.42 Å². The van der Waals surface area contributed by atoms with Gasteiger partial charge in [0.25, 0.3) is 10.0 Å². The molecule has 1 fully saturated rings. The Bertz CT molecular complexity index is 1220.